The van der Waals surface area contributed by atoms with Gasteiger partial charge in [0.25, 0.3) is 0 Å². The van der Waals surface area contributed by atoms with E-state index in [-0.39, 0.29) is 17.9 Å². The van der Waals surface area contributed by atoms with Crippen molar-refractivity contribution in [1.29, 1.82) is 0 Å². The van der Waals surface area contributed by atoms with E-state index < -0.39 is 18.3 Å². The SMILES string of the molecule is FC(F)=C(F)CCSc1nnc(SCc2ccc(OC(F)(F)F)cc2)s1. The van der Waals surface area contributed by atoms with E-state index in [2.05, 4.69) is 14.9 Å². The standard InChI is InChI=1S/C14H10F6N2OS3/c15-10(11(16)17)5-6-24-12-21-22-13(26-12)25-7-8-1-3-9(4-2-8)23-14(18,19)20/h1-4H,5-7H2. The molecule has 0 bridgehead atoms. The summed E-state index contributed by atoms with van der Waals surface area (Å²) >= 11 is 3.67. The van der Waals surface area contributed by atoms with Gasteiger partial charge in [-0.25, -0.2) is 4.39 Å². The zero-order chi connectivity index (χ0) is 19.2. The summed E-state index contributed by atoms with van der Waals surface area (Å²) in [6.07, 6.45) is -7.43. The van der Waals surface area contributed by atoms with E-state index in [9.17, 15) is 26.3 Å². The van der Waals surface area contributed by atoms with E-state index >= 15 is 0 Å². The number of aromatic nitrogens is 2. The minimum Gasteiger partial charge on any atom is -0.406 e. The molecule has 0 unspecified atom stereocenters. The van der Waals surface area contributed by atoms with Crippen molar-refractivity contribution < 1.29 is 31.1 Å². The number of allylic oxidation sites excluding steroid dienone is 1. The summed E-state index contributed by atoms with van der Waals surface area (Å²) in [6.45, 7) is 0. The van der Waals surface area contributed by atoms with E-state index in [4.69, 9.17) is 0 Å². The molecule has 0 atom stereocenters. The van der Waals surface area contributed by atoms with Gasteiger partial charge >= 0.3 is 12.4 Å². The summed E-state index contributed by atoms with van der Waals surface area (Å²) in [6, 6.07) is 5.45. The molecule has 0 fully saturated rings. The van der Waals surface area contributed by atoms with Gasteiger partial charge in [-0.05, 0) is 17.7 Å². The minimum atomic E-state index is -4.73. The van der Waals surface area contributed by atoms with Crippen molar-refractivity contribution in [3.8, 4) is 5.75 Å². The van der Waals surface area contributed by atoms with Gasteiger partial charge in [-0.2, -0.15) is 8.78 Å². The van der Waals surface area contributed by atoms with Crippen LogP contribution in [0.5, 0.6) is 5.75 Å². The molecule has 2 rings (SSSR count). The van der Waals surface area contributed by atoms with Gasteiger partial charge < -0.3 is 4.74 Å². The van der Waals surface area contributed by atoms with E-state index in [1.54, 1.807) is 0 Å². The highest BCUT2D eigenvalue weighted by molar-refractivity contribution is 8.02. The lowest BCUT2D eigenvalue weighted by Gasteiger charge is -2.08. The highest BCUT2D eigenvalue weighted by Gasteiger charge is 2.30. The van der Waals surface area contributed by atoms with Crippen molar-refractivity contribution in [3.63, 3.8) is 0 Å². The maximum absolute atomic E-state index is 12.7. The monoisotopic (exact) mass is 432 g/mol. The first-order chi connectivity index (χ1) is 12.2. The summed E-state index contributed by atoms with van der Waals surface area (Å²) in [5.74, 6) is -1.17. The molecule has 1 heterocycles. The zero-order valence-corrected chi connectivity index (χ0v) is 15.2. The van der Waals surface area contributed by atoms with Crippen molar-refractivity contribution in [1.82, 2.24) is 10.2 Å². The molecule has 0 radical (unpaired) electrons. The van der Waals surface area contributed by atoms with Crippen molar-refractivity contribution in [2.75, 3.05) is 5.75 Å². The molecule has 0 aliphatic rings. The fourth-order valence-electron chi connectivity index (χ4n) is 1.57. The summed E-state index contributed by atoms with van der Waals surface area (Å²) in [4.78, 5) is 0. The second-order valence-corrected chi connectivity index (χ2v) is 8.12. The maximum Gasteiger partial charge on any atom is 0.573 e. The van der Waals surface area contributed by atoms with Gasteiger partial charge in [0.05, 0.1) is 0 Å². The van der Waals surface area contributed by atoms with Gasteiger partial charge in [-0.3, -0.25) is 0 Å². The van der Waals surface area contributed by atoms with Crippen LogP contribution < -0.4 is 4.74 Å². The van der Waals surface area contributed by atoms with E-state index in [1.165, 1.54) is 47.4 Å². The number of rotatable bonds is 8. The van der Waals surface area contributed by atoms with Crippen LogP contribution in [-0.2, 0) is 5.75 Å². The first-order valence-corrected chi connectivity index (χ1v) is 9.65. The molecule has 0 N–H and O–H groups in total. The van der Waals surface area contributed by atoms with Gasteiger partial charge in [0, 0.05) is 17.9 Å². The molecule has 3 nitrogen and oxygen atoms in total. The smallest absolute Gasteiger partial charge is 0.406 e. The molecular formula is C14H10F6N2OS3. The Bertz CT molecular complexity index is 744. The lowest BCUT2D eigenvalue weighted by Crippen LogP contribution is -2.16. The number of nitrogens with zero attached hydrogens (tertiary/aromatic N) is 2. The van der Waals surface area contributed by atoms with Crippen molar-refractivity contribution in [2.24, 2.45) is 0 Å². The van der Waals surface area contributed by atoms with Crippen molar-refractivity contribution in [2.45, 2.75) is 27.2 Å². The van der Waals surface area contributed by atoms with Gasteiger partial charge in [-0.1, -0.05) is 47.0 Å². The van der Waals surface area contributed by atoms with Gasteiger partial charge in [-0.15, -0.1) is 23.4 Å². The van der Waals surface area contributed by atoms with E-state index in [1.807, 2.05) is 0 Å². The number of benzene rings is 1. The van der Waals surface area contributed by atoms with E-state index in [0.717, 1.165) is 17.3 Å². The number of hydrogen-bond acceptors (Lipinski definition) is 6. The summed E-state index contributed by atoms with van der Waals surface area (Å²) < 4.78 is 77.7. The van der Waals surface area contributed by atoms with Gasteiger partial charge in [0.15, 0.2) is 14.5 Å². The third kappa shape index (κ3) is 7.46. The summed E-state index contributed by atoms with van der Waals surface area (Å²) in [5, 5.41) is 7.78. The average molecular weight is 432 g/mol. The summed E-state index contributed by atoms with van der Waals surface area (Å²) in [7, 11) is 0. The fourth-order valence-corrected chi connectivity index (χ4v) is 4.55. The quantitative estimate of drug-likeness (QED) is 0.362. The molecular weight excluding hydrogens is 422 g/mol. The zero-order valence-electron chi connectivity index (χ0n) is 12.7. The topological polar surface area (TPSA) is 35.0 Å². The molecule has 1 aromatic carbocycles. The van der Waals surface area contributed by atoms with Crippen LogP contribution in [-0.4, -0.2) is 22.3 Å². The molecule has 0 amide bonds. The number of alkyl halides is 3. The molecule has 0 saturated heterocycles. The van der Waals surface area contributed by atoms with Crippen LogP contribution in [0.25, 0.3) is 0 Å². The highest BCUT2D eigenvalue weighted by Crippen LogP contribution is 2.32. The lowest BCUT2D eigenvalue weighted by atomic mass is 10.2. The van der Waals surface area contributed by atoms with Gasteiger partial charge in [0.2, 0.25) is 0 Å². The number of hydrogen-bond donors (Lipinski definition) is 0. The van der Waals surface area contributed by atoms with Crippen LogP contribution in [0.15, 0.2) is 44.9 Å². The highest BCUT2D eigenvalue weighted by atomic mass is 32.2. The van der Waals surface area contributed by atoms with Crippen LogP contribution in [0.4, 0.5) is 26.3 Å². The Balaban J connectivity index is 1.79. The predicted octanol–water partition coefficient (Wildman–Crippen LogP) is 6.29. The number of ether oxygens (including phenoxy) is 1. The third-order valence-corrected chi connectivity index (χ3v) is 5.92. The number of halogens is 6. The fraction of sp³-hybridized carbons (Fsp3) is 0.286. The second-order valence-electron chi connectivity index (χ2n) is 4.58. The molecule has 1 aromatic heterocycles. The third-order valence-electron chi connectivity index (χ3n) is 2.66. The Hall–Kier alpha value is -1.40. The Morgan fingerprint density at radius 1 is 1.00 bits per heavy atom. The first-order valence-electron chi connectivity index (χ1n) is 6.86. The Kier molecular flexibility index (Phi) is 7.65. The Morgan fingerprint density at radius 2 is 1.62 bits per heavy atom. The largest absolute Gasteiger partial charge is 0.573 e. The van der Waals surface area contributed by atoms with Gasteiger partial charge in [0.1, 0.15) is 5.75 Å². The van der Waals surface area contributed by atoms with Crippen LogP contribution >= 0.6 is 34.9 Å². The van der Waals surface area contributed by atoms with Crippen molar-refractivity contribution >= 4 is 34.9 Å². The van der Waals surface area contributed by atoms with Crippen LogP contribution in [0, 0.1) is 0 Å². The molecule has 0 aliphatic heterocycles. The summed E-state index contributed by atoms with van der Waals surface area (Å²) in [5.41, 5.74) is 0.763. The minimum absolute atomic E-state index is 0.114. The Labute approximate surface area is 156 Å². The molecule has 0 spiro atoms. The first kappa shape index (κ1) is 20.9. The predicted molar refractivity (Wildman–Crippen MR) is 88.3 cm³/mol. The normalized spacial score (nSPS) is 11.5. The lowest BCUT2D eigenvalue weighted by molar-refractivity contribution is -0.274. The van der Waals surface area contributed by atoms with Crippen LogP contribution in [0.1, 0.15) is 12.0 Å². The molecule has 26 heavy (non-hydrogen) atoms. The molecule has 142 valence electrons. The molecule has 12 heteroatoms. The average Bonchev–Trinajstić information content (AvgIpc) is 3.00. The molecule has 0 saturated carbocycles. The number of thioether (sulfide) groups is 2. The Morgan fingerprint density at radius 3 is 2.19 bits per heavy atom. The van der Waals surface area contributed by atoms with Crippen molar-refractivity contribution in [3.05, 3.63) is 41.7 Å². The maximum atomic E-state index is 12.7. The second kappa shape index (κ2) is 9.51. The molecule has 2 aromatic rings. The molecule has 0 aliphatic carbocycles. The van der Waals surface area contributed by atoms with E-state index in [0.29, 0.717) is 14.4 Å². The van der Waals surface area contributed by atoms with Crippen LogP contribution in [0.2, 0.25) is 0 Å². The van der Waals surface area contributed by atoms with Crippen LogP contribution in [0.3, 0.4) is 0 Å².